The first-order valence-corrected chi connectivity index (χ1v) is 6.23. The molecule has 0 spiro atoms. The summed E-state index contributed by atoms with van der Waals surface area (Å²) in [5, 5.41) is 5.88. The SMILES string of the molecule is CNc1ccccc1C(=O)NCCSC. The summed E-state index contributed by atoms with van der Waals surface area (Å²) < 4.78 is 0. The molecule has 1 aromatic carbocycles. The molecule has 0 fully saturated rings. The van der Waals surface area contributed by atoms with E-state index >= 15 is 0 Å². The summed E-state index contributed by atoms with van der Waals surface area (Å²) in [5.41, 5.74) is 1.56. The van der Waals surface area contributed by atoms with Crippen molar-refractivity contribution in [1.82, 2.24) is 5.32 Å². The van der Waals surface area contributed by atoms with Crippen molar-refractivity contribution in [2.24, 2.45) is 0 Å². The van der Waals surface area contributed by atoms with Crippen LogP contribution < -0.4 is 10.6 Å². The van der Waals surface area contributed by atoms with Crippen LogP contribution in [-0.4, -0.2) is 31.5 Å². The number of hydrogen-bond acceptors (Lipinski definition) is 3. The molecule has 0 radical (unpaired) electrons. The van der Waals surface area contributed by atoms with Gasteiger partial charge in [-0.15, -0.1) is 0 Å². The highest BCUT2D eigenvalue weighted by molar-refractivity contribution is 7.98. The normalized spacial score (nSPS) is 9.73. The van der Waals surface area contributed by atoms with Gasteiger partial charge in [0.05, 0.1) is 5.56 Å². The summed E-state index contributed by atoms with van der Waals surface area (Å²) in [7, 11) is 1.81. The summed E-state index contributed by atoms with van der Waals surface area (Å²) in [6, 6.07) is 7.48. The number of benzene rings is 1. The molecule has 82 valence electrons. The summed E-state index contributed by atoms with van der Waals surface area (Å²) >= 11 is 1.72. The Balaban J connectivity index is 2.64. The van der Waals surface area contributed by atoms with E-state index in [2.05, 4.69) is 10.6 Å². The molecule has 15 heavy (non-hydrogen) atoms. The summed E-state index contributed by atoms with van der Waals surface area (Å²) in [6.45, 7) is 0.706. The van der Waals surface area contributed by atoms with Gasteiger partial charge >= 0.3 is 0 Å². The molecule has 0 bridgehead atoms. The third kappa shape index (κ3) is 3.47. The highest BCUT2D eigenvalue weighted by atomic mass is 32.2. The van der Waals surface area contributed by atoms with Crippen molar-refractivity contribution in [1.29, 1.82) is 0 Å². The standard InChI is InChI=1S/C11H16N2OS/c1-12-10-6-4-3-5-9(10)11(14)13-7-8-15-2/h3-6,12H,7-8H2,1-2H3,(H,13,14). The highest BCUT2D eigenvalue weighted by Gasteiger charge is 2.08. The first-order valence-electron chi connectivity index (χ1n) is 4.83. The van der Waals surface area contributed by atoms with Crippen LogP contribution >= 0.6 is 11.8 Å². The van der Waals surface area contributed by atoms with Gasteiger partial charge in [0.2, 0.25) is 0 Å². The second-order valence-corrected chi connectivity index (χ2v) is 4.03. The molecule has 0 heterocycles. The number of thioether (sulfide) groups is 1. The molecular weight excluding hydrogens is 208 g/mol. The minimum absolute atomic E-state index is 0.0194. The molecule has 0 atom stereocenters. The minimum Gasteiger partial charge on any atom is -0.387 e. The van der Waals surface area contributed by atoms with Gasteiger partial charge in [-0.3, -0.25) is 4.79 Å². The van der Waals surface area contributed by atoms with Gasteiger partial charge < -0.3 is 10.6 Å². The molecule has 1 rings (SSSR count). The van der Waals surface area contributed by atoms with Crippen LogP contribution in [0.1, 0.15) is 10.4 Å². The Labute approximate surface area is 94.6 Å². The zero-order valence-electron chi connectivity index (χ0n) is 9.04. The lowest BCUT2D eigenvalue weighted by molar-refractivity contribution is 0.0957. The lowest BCUT2D eigenvalue weighted by Crippen LogP contribution is -2.26. The van der Waals surface area contributed by atoms with Gasteiger partial charge in [0.25, 0.3) is 5.91 Å². The Kier molecular flexibility index (Phi) is 5.04. The molecule has 1 aromatic rings. The predicted molar refractivity (Wildman–Crippen MR) is 66.7 cm³/mol. The second kappa shape index (κ2) is 6.35. The van der Waals surface area contributed by atoms with Crippen LogP contribution in [0, 0.1) is 0 Å². The number of anilines is 1. The predicted octanol–water partition coefficient (Wildman–Crippen LogP) is 1.82. The van der Waals surface area contributed by atoms with Crippen LogP contribution in [0.4, 0.5) is 5.69 Å². The molecule has 0 aromatic heterocycles. The Morgan fingerprint density at radius 2 is 2.13 bits per heavy atom. The third-order valence-corrected chi connectivity index (χ3v) is 2.65. The van der Waals surface area contributed by atoms with Gasteiger partial charge in [-0.05, 0) is 18.4 Å². The fourth-order valence-corrected chi connectivity index (χ4v) is 1.57. The molecule has 4 heteroatoms. The lowest BCUT2D eigenvalue weighted by atomic mass is 10.1. The number of carbonyl (C=O) groups excluding carboxylic acids is 1. The molecule has 0 unspecified atom stereocenters. The maximum absolute atomic E-state index is 11.7. The van der Waals surface area contributed by atoms with Crippen LogP contribution in [-0.2, 0) is 0 Å². The summed E-state index contributed by atoms with van der Waals surface area (Å²) in [4.78, 5) is 11.7. The molecule has 0 aliphatic carbocycles. The third-order valence-electron chi connectivity index (χ3n) is 2.03. The van der Waals surface area contributed by atoms with E-state index < -0.39 is 0 Å². The van der Waals surface area contributed by atoms with E-state index in [0.717, 1.165) is 11.4 Å². The van der Waals surface area contributed by atoms with Crippen LogP contribution in [0.15, 0.2) is 24.3 Å². The van der Waals surface area contributed by atoms with Crippen LogP contribution in [0.25, 0.3) is 0 Å². The van der Waals surface area contributed by atoms with Gasteiger partial charge in [0.1, 0.15) is 0 Å². The average molecular weight is 224 g/mol. The molecular formula is C11H16N2OS. The maximum atomic E-state index is 11.7. The Bertz CT molecular complexity index is 328. The number of para-hydroxylation sites is 1. The van der Waals surface area contributed by atoms with Crippen molar-refractivity contribution in [3.8, 4) is 0 Å². The largest absolute Gasteiger partial charge is 0.387 e. The van der Waals surface area contributed by atoms with E-state index in [1.165, 1.54) is 0 Å². The van der Waals surface area contributed by atoms with Gasteiger partial charge in [-0.2, -0.15) is 11.8 Å². The summed E-state index contributed by atoms with van der Waals surface area (Å²) in [5.74, 6) is 0.919. The number of amides is 1. The van der Waals surface area contributed by atoms with E-state index in [9.17, 15) is 4.79 Å². The highest BCUT2D eigenvalue weighted by Crippen LogP contribution is 2.13. The van der Waals surface area contributed by atoms with Crippen molar-refractivity contribution >= 4 is 23.4 Å². The number of hydrogen-bond donors (Lipinski definition) is 2. The van der Waals surface area contributed by atoms with E-state index in [4.69, 9.17) is 0 Å². The fourth-order valence-electron chi connectivity index (χ4n) is 1.26. The van der Waals surface area contributed by atoms with Crippen LogP contribution in [0.5, 0.6) is 0 Å². The Morgan fingerprint density at radius 1 is 1.40 bits per heavy atom. The average Bonchev–Trinajstić information content (AvgIpc) is 2.29. The maximum Gasteiger partial charge on any atom is 0.253 e. The molecule has 1 amide bonds. The first kappa shape index (κ1) is 11.9. The lowest BCUT2D eigenvalue weighted by Gasteiger charge is -2.08. The zero-order valence-corrected chi connectivity index (χ0v) is 9.86. The molecule has 2 N–H and O–H groups in total. The minimum atomic E-state index is -0.0194. The number of nitrogens with one attached hydrogen (secondary N) is 2. The van der Waals surface area contributed by atoms with Crippen molar-refractivity contribution in [3.05, 3.63) is 29.8 Å². The van der Waals surface area contributed by atoms with E-state index in [0.29, 0.717) is 12.1 Å². The molecule has 3 nitrogen and oxygen atoms in total. The topological polar surface area (TPSA) is 41.1 Å². The van der Waals surface area contributed by atoms with Crippen molar-refractivity contribution in [3.63, 3.8) is 0 Å². The van der Waals surface area contributed by atoms with Gasteiger partial charge in [-0.25, -0.2) is 0 Å². The van der Waals surface area contributed by atoms with Crippen LogP contribution in [0.3, 0.4) is 0 Å². The second-order valence-electron chi connectivity index (χ2n) is 3.04. The first-order chi connectivity index (χ1) is 7.29. The van der Waals surface area contributed by atoms with Gasteiger partial charge in [0.15, 0.2) is 0 Å². The quantitative estimate of drug-likeness (QED) is 0.750. The molecule has 0 aliphatic heterocycles. The van der Waals surface area contributed by atoms with E-state index in [1.807, 2.05) is 37.6 Å². The molecule has 0 aliphatic rings. The van der Waals surface area contributed by atoms with E-state index in [1.54, 1.807) is 11.8 Å². The Hall–Kier alpha value is -1.16. The van der Waals surface area contributed by atoms with Crippen molar-refractivity contribution in [2.75, 3.05) is 30.9 Å². The van der Waals surface area contributed by atoms with Crippen molar-refractivity contribution < 1.29 is 4.79 Å². The zero-order chi connectivity index (χ0) is 11.1. The smallest absolute Gasteiger partial charge is 0.253 e. The van der Waals surface area contributed by atoms with Gasteiger partial charge in [0, 0.05) is 25.0 Å². The van der Waals surface area contributed by atoms with Crippen LogP contribution in [0.2, 0.25) is 0 Å². The number of carbonyl (C=O) groups is 1. The Morgan fingerprint density at radius 3 is 2.80 bits per heavy atom. The van der Waals surface area contributed by atoms with E-state index in [-0.39, 0.29) is 5.91 Å². The molecule has 0 saturated heterocycles. The summed E-state index contributed by atoms with van der Waals surface area (Å²) in [6.07, 6.45) is 2.02. The molecule has 0 saturated carbocycles. The van der Waals surface area contributed by atoms with Gasteiger partial charge in [-0.1, -0.05) is 12.1 Å². The fraction of sp³-hybridized carbons (Fsp3) is 0.364. The number of rotatable bonds is 5. The van der Waals surface area contributed by atoms with Crippen molar-refractivity contribution in [2.45, 2.75) is 0 Å². The monoisotopic (exact) mass is 224 g/mol.